The summed E-state index contributed by atoms with van der Waals surface area (Å²) >= 11 is 6.02. The van der Waals surface area contributed by atoms with Crippen LogP contribution in [-0.2, 0) is 13.1 Å². The van der Waals surface area contributed by atoms with Gasteiger partial charge in [-0.3, -0.25) is 15.0 Å². The summed E-state index contributed by atoms with van der Waals surface area (Å²) in [6.45, 7) is 1.04. The Kier molecular flexibility index (Phi) is 5.35. The molecule has 0 N–H and O–H groups in total. The average molecular weight is 321 g/mol. The van der Waals surface area contributed by atoms with E-state index >= 15 is 0 Å². The van der Waals surface area contributed by atoms with Gasteiger partial charge < -0.3 is 4.74 Å². The van der Waals surface area contributed by atoms with Crippen LogP contribution in [0.2, 0.25) is 5.02 Å². The molecular formula is C16H17ClN2O3. The first-order valence-electron chi connectivity index (χ1n) is 6.74. The molecule has 0 bridgehead atoms. The van der Waals surface area contributed by atoms with Crippen LogP contribution in [0.5, 0.6) is 5.75 Å². The van der Waals surface area contributed by atoms with Crippen molar-refractivity contribution in [3.8, 4) is 5.75 Å². The summed E-state index contributed by atoms with van der Waals surface area (Å²) < 4.78 is 5.32. The quantitative estimate of drug-likeness (QED) is 0.598. The molecule has 2 aromatic carbocycles. The number of nitro groups is 1. The SMILES string of the molecule is COc1ccc(Cl)cc1CN(C)Cc1ccccc1[N+](=O)[O-]. The fourth-order valence-electron chi connectivity index (χ4n) is 2.33. The summed E-state index contributed by atoms with van der Waals surface area (Å²) in [6, 6.07) is 12.2. The lowest BCUT2D eigenvalue weighted by molar-refractivity contribution is -0.385. The molecule has 0 saturated carbocycles. The molecule has 0 heterocycles. The molecule has 0 radical (unpaired) electrons. The molecule has 2 rings (SSSR count). The van der Waals surface area contributed by atoms with Gasteiger partial charge in [0.05, 0.1) is 12.0 Å². The van der Waals surface area contributed by atoms with E-state index in [0.29, 0.717) is 23.7 Å². The van der Waals surface area contributed by atoms with Crippen molar-refractivity contribution in [1.82, 2.24) is 4.90 Å². The number of benzene rings is 2. The van der Waals surface area contributed by atoms with Gasteiger partial charge in [-0.05, 0) is 25.2 Å². The molecule has 5 nitrogen and oxygen atoms in total. The average Bonchev–Trinajstić information content (AvgIpc) is 2.47. The van der Waals surface area contributed by atoms with Crippen molar-refractivity contribution in [2.45, 2.75) is 13.1 Å². The second-order valence-electron chi connectivity index (χ2n) is 5.01. The highest BCUT2D eigenvalue weighted by Crippen LogP contribution is 2.25. The van der Waals surface area contributed by atoms with Crippen LogP contribution in [0.15, 0.2) is 42.5 Å². The Hall–Kier alpha value is -2.11. The van der Waals surface area contributed by atoms with Gasteiger partial charge in [-0.2, -0.15) is 0 Å². The topological polar surface area (TPSA) is 55.6 Å². The normalized spacial score (nSPS) is 10.7. The van der Waals surface area contributed by atoms with Gasteiger partial charge in [0.2, 0.25) is 0 Å². The van der Waals surface area contributed by atoms with Crippen LogP contribution in [-0.4, -0.2) is 24.0 Å². The Bertz CT molecular complexity index is 676. The van der Waals surface area contributed by atoms with E-state index < -0.39 is 0 Å². The molecule has 6 heteroatoms. The zero-order valence-corrected chi connectivity index (χ0v) is 13.2. The van der Waals surface area contributed by atoms with Gasteiger partial charge in [-0.25, -0.2) is 0 Å². The van der Waals surface area contributed by atoms with Crippen molar-refractivity contribution in [3.63, 3.8) is 0 Å². The summed E-state index contributed by atoms with van der Waals surface area (Å²) in [5, 5.41) is 11.7. The first-order valence-corrected chi connectivity index (χ1v) is 7.12. The highest BCUT2D eigenvalue weighted by Gasteiger charge is 2.15. The number of hydrogen-bond donors (Lipinski definition) is 0. The third kappa shape index (κ3) is 3.96. The number of ether oxygens (including phenoxy) is 1. The van der Waals surface area contributed by atoms with Crippen LogP contribution in [0.4, 0.5) is 5.69 Å². The van der Waals surface area contributed by atoms with Crippen molar-refractivity contribution in [2.75, 3.05) is 14.2 Å². The van der Waals surface area contributed by atoms with E-state index in [-0.39, 0.29) is 10.6 Å². The van der Waals surface area contributed by atoms with Crippen LogP contribution in [0.3, 0.4) is 0 Å². The fourth-order valence-corrected chi connectivity index (χ4v) is 2.53. The predicted molar refractivity (Wildman–Crippen MR) is 86.3 cm³/mol. The van der Waals surface area contributed by atoms with Crippen LogP contribution < -0.4 is 4.74 Å². The zero-order chi connectivity index (χ0) is 16.1. The van der Waals surface area contributed by atoms with Crippen LogP contribution in [0.25, 0.3) is 0 Å². The highest BCUT2D eigenvalue weighted by molar-refractivity contribution is 6.30. The van der Waals surface area contributed by atoms with Crippen molar-refractivity contribution < 1.29 is 9.66 Å². The number of nitrogens with zero attached hydrogens (tertiary/aromatic N) is 2. The molecule has 0 aliphatic carbocycles. The zero-order valence-electron chi connectivity index (χ0n) is 12.5. The molecule has 0 unspecified atom stereocenters. The second kappa shape index (κ2) is 7.24. The largest absolute Gasteiger partial charge is 0.496 e. The van der Waals surface area contributed by atoms with Crippen molar-refractivity contribution >= 4 is 17.3 Å². The molecule has 0 fully saturated rings. The molecule has 0 aromatic heterocycles. The number of rotatable bonds is 6. The Morgan fingerprint density at radius 2 is 1.86 bits per heavy atom. The molecule has 0 atom stereocenters. The Morgan fingerprint density at radius 3 is 2.55 bits per heavy atom. The van der Waals surface area contributed by atoms with Gasteiger partial charge >= 0.3 is 0 Å². The lowest BCUT2D eigenvalue weighted by Gasteiger charge is -2.18. The lowest BCUT2D eigenvalue weighted by atomic mass is 10.1. The summed E-state index contributed by atoms with van der Waals surface area (Å²) in [4.78, 5) is 12.7. The van der Waals surface area contributed by atoms with E-state index in [9.17, 15) is 10.1 Å². The summed E-state index contributed by atoms with van der Waals surface area (Å²) in [5.74, 6) is 0.749. The van der Waals surface area contributed by atoms with Crippen LogP contribution >= 0.6 is 11.6 Å². The number of nitro benzene ring substituents is 1. The minimum absolute atomic E-state index is 0.132. The maximum atomic E-state index is 11.1. The van der Waals surface area contributed by atoms with E-state index in [2.05, 4.69) is 0 Å². The van der Waals surface area contributed by atoms with Crippen LogP contribution in [0, 0.1) is 10.1 Å². The van der Waals surface area contributed by atoms with Gasteiger partial charge in [0.1, 0.15) is 5.75 Å². The first-order chi connectivity index (χ1) is 10.5. The van der Waals surface area contributed by atoms with E-state index in [4.69, 9.17) is 16.3 Å². The summed E-state index contributed by atoms with van der Waals surface area (Å²) in [6.07, 6.45) is 0. The molecule has 0 aliphatic heterocycles. The number of methoxy groups -OCH3 is 1. The number of para-hydroxylation sites is 1. The number of hydrogen-bond acceptors (Lipinski definition) is 4. The standard InChI is InChI=1S/C16H17ClN2O3/c1-18(10-12-5-3-4-6-15(12)19(20)21)11-13-9-14(17)7-8-16(13)22-2/h3-9H,10-11H2,1-2H3. The van der Waals surface area contributed by atoms with Gasteiger partial charge in [-0.15, -0.1) is 0 Å². The monoisotopic (exact) mass is 320 g/mol. The molecule has 0 spiro atoms. The fraction of sp³-hybridized carbons (Fsp3) is 0.250. The third-order valence-corrected chi connectivity index (χ3v) is 3.55. The molecule has 0 aliphatic rings. The molecule has 0 amide bonds. The minimum atomic E-state index is -0.358. The molecule has 22 heavy (non-hydrogen) atoms. The first kappa shape index (κ1) is 16.3. The van der Waals surface area contributed by atoms with E-state index in [1.165, 1.54) is 6.07 Å². The second-order valence-corrected chi connectivity index (χ2v) is 5.45. The lowest BCUT2D eigenvalue weighted by Crippen LogP contribution is -2.18. The van der Waals surface area contributed by atoms with Crippen molar-refractivity contribution in [3.05, 3.63) is 68.7 Å². The Labute approximate surface area is 134 Å². The van der Waals surface area contributed by atoms with Gasteiger partial charge in [0.15, 0.2) is 0 Å². The maximum Gasteiger partial charge on any atom is 0.273 e. The molecule has 0 saturated heterocycles. The number of halogens is 1. The van der Waals surface area contributed by atoms with Gasteiger partial charge in [0.25, 0.3) is 5.69 Å². The summed E-state index contributed by atoms with van der Waals surface area (Å²) in [7, 11) is 3.51. The van der Waals surface area contributed by atoms with Gasteiger partial charge in [-0.1, -0.05) is 29.8 Å². The van der Waals surface area contributed by atoms with E-state index in [1.54, 1.807) is 31.4 Å². The maximum absolute atomic E-state index is 11.1. The smallest absolute Gasteiger partial charge is 0.273 e. The van der Waals surface area contributed by atoms with E-state index in [1.807, 2.05) is 24.1 Å². The molecule has 2 aromatic rings. The van der Waals surface area contributed by atoms with Crippen molar-refractivity contribution in [2.24, 2.45) is 0 Å². The minimum Gasteiger partial charge on any atom is -0.496 e. The summed E-state index contributed by atoms with van der Waals surface area (Å²) in [5.41, 5.74) is 1.75. The highest BCUT2D eigenvalue weighted by atomic mass is 35.5. The Morgan fingerprint density at radius 1 is 1.18 bits per heavy atom. The molecular weight excluding hydrogens is 304 g/mol. The predicted octanol–water partition coefficient (Wildman–Crippen LogP) is 3.89. The van der Waals surface area contributed by atoms with E-state index in [0.717, 1.165) is 11.3 Å². The molecule has 116 valence electrons. The third-order valence-electron chi connectivity index (χ3n) is 3.31. The van der Waals surface area contributed by atoms with Gasteiger partial charge in [0, 0.05) is 35.3 Å². The van der Waals surface area contributed by atoms with Crippen LogP contribution in [0.1, 0.15) is 11.1 Å². The Balaban J connectivity index is 2.16. The van der Waals surface area contributed by atoms with Crippen molar-refractivity contribution in [1.29, 1.82) is 0 Å².